The smallest absolute Gasteiger partial charge is 0.337 e. The lowest BCUT2D eigenvalue weighted by atomic mass is 10.1. The second-order valence-corrected chi connectivity index (χ2v) is 5.04. The molecule has 4 nitrogen and oxygen atoms in total. The fourth-order valence-corrected chi connectivity index (χ4v) is 2.32. The molecule has 1 aromatic carbocycles. The van der Waals surface area contributed by atoms with Crippen LogP contribution >= 0.6 is 0 Å². The number of hydrogen-bond acceptors (Lipinski definition) is 3. The maximum atomic E-state index is 11.5. The van der Waals surface area contributed by atoms with Crippen molar-refractivity contribution in [2.75, 3.05) is 7.11 Å². The standard InChI is InChI=1S/C17H16N2O2/c1-12-3-5-13(6-4-12)9-16-18-11-15-10-14(17(20)21-2)7-8-19(15)16/h3-8,10-11H,9H2,1-2H3. The van der Waals surface area contributed by atoms with E-state index in [0.717, 1.165) is 17.8 Å². The molecule has 3 aromatic rings. The van der Waals surface area contributed by atoms with Gasteiger partial charge in [0.1, 0.15) is 5.82 Å². The van der Waals surface area contributed by atoms with Gasteiger partial charge >= 0.3 is 5.97 Å². The van der Waals surface area contributed by atoms with Crippen LogP contribution in [0, 0.1) is 6.92 Å². The summed E-state index contributed by atoms with van der Waals surface area (Å²) in [5, 5.41) is 0. The lowest BCUT2D eigenvalue weighted by Gasteiger charge is -2.04. The summed E-state index contributed by atoms with van der Waals surface area (Å²) in [5.41, 5.74) is 3.88. The van der Waals surface area contributed by atoms with Crippen LogP contribution in [0.3, 0.4) is 0 Å². The SMILES string of the molecule is COC(=O)c1ccn2c(Cc3ccc(C)cc3)ncc2c1. The summed E-state index contributed by atoms with van der Waals surface area (Å²) in [4.78, 5) is 16.0. The number of esters is 1. The van der Waals surface area contributed by atoms with Crippen molar-refractivity contribution in [2.45, 2.75) is 13.3 Å². The van der Waals surface area contributed by atoms with Gasteiger partial charge in [-0.05, 0) is 24.6 Å². The van der Waals surface area contributed by atoms with E-state index >= 15 is 0 Å². The lowest BCUT2D eigenvalue weighted by Crippen LogP contribution is -2.02. The number of hydrogen-bond donors (Lipinski definition) is 0. The van der Waals surface area contributed by atoms with E-state index in [-0.39, 0.29) is 5.97 Å². The zero-order chi connectivity index (χ0) is 14.8. The number of rotatable bonds is 3. The van der Waals surface area contributed by atoms with Crippen molar-refractivity contribution in [3.05, 3.63) is 71.3 Å². The average molecular weight is 280 g/mol. The molecule has 0 saturated carbocycles. The molecule has 3 rings (SSSR count). The van der Waals surface area contributed by atoms with Gasteiger partial charge in [-0.1, -0.05) is 29.8 Å². The van der Waals surface area contributed by atoms with E-state index in [2.05, 4.69) is 36.2 Å². The molecule has 0 atom stereocenters. The topological polar surface area (TPSA) is 43.6 Å². The molecule has 0 saturated heterocycles. The van der Waals surface area contributed by atoms with Gasteiger partial charge in [0.15, 0.2) is 0 Å². The van der Waals surface area contributed by atoms with Crippen molar-refractivity contribution in [1.82, 2.24) is 9.38 Å². The van der Waals surface area contributed by atoms with Crippen molar-refractivity contribution < 1.29 is 9.53 Å². The summed E-state index contributed by atoms with van der Waals surface area (Å²) in [6.07, 6.45) is 4.39. The Kier molecular flexibility index (Phi) is 3.44. The van der Waals surface area contributed by atoms with Crippen LogP contribution < -0.4 is 0 Å². The molecule has 0 radical (unpaired) electrons. The number of carbonyl (C=O) groups excluding carboxylic acids is 1. The Morgan fingerprint density at radius 2 is 2.00 bits per heavy atom. The van der Waals surface area contributed by atoms with Gasteiger partial charge in [-0.3, -0.25) is 0 Å². The second kappa shape index (κ2) is 5.40. The third kappa shape index (κ3) is 2.65. The molecule has 4 heteroatoms. The number of carbonyl (C=O) groups is 1. The zero-order valence-electron chi connectivity index (χ0n) is 12.0. The van der Waals surface area contributed by atoms with Gasteiger partial charge in [0.2, 0.25) is 0 Å². The van der Waals surface area contributed by atoms with E-state index < -0.39 is 0 Å². The molecule has 0 N–H and O–H groups in total. The van der Waals surface area contributed by atoms with E-state index in [0.29, 0.717) is 5.56 Å². The van der Waals surface area contributed by atoms with Gasteiger partial charge in [-0.2, -0.15) is 0 Å². The minimum atomic E-state index is -0.334. The average Bonchev–Trinajstić information content (AvgIpc) is 2.91. The normalized spacial score (nSPS) is 10.8. The number of aromatic nitrogens is 2. The quantitative estimate of drug-likeness (QED) is 0.693. The second-order valence-electron chi connectivity index (χ2n) is 5.04. The Morgan fingerprint density at radius 3 is 2.71 bits per heavy atom. The summed E-state index contributed by atoms with van der Waals surface area (Å²) in [6, 6.07) is 12.0. The maximum absolute atomic E-state index is 11.5. The number of benzene rings is 1. The Bertz CT molecular complexity index is 788. The number of methoxy groups -OCH3 is 1. The molecule has 106 valence electrons. The van der Waals surface area contributed by atoms with Crippen LogP contribution in [0.25, 0.3) is 5.52 Å². The molecule has 0 aliphatic carbocycles. The van der Waals surface area contributed by atoms with E-state index in [1.807, 2.05) is 10.6 Å². The van der Waals surface area contributed by atoms with Crippen molar-refractivity contribution in [2.24, 2.45) is 0 Å². The number of fused-ring (bicyclic) bond motifs is 1. The van der Waals surface area contributed by atoms with Crippen LogP contribution in [0.5, 0.6) is 0 Å². The van der Waals surface area contributed by atoms with Gasteiger partial charge in [0.05, 0.1) is 24.4 Å². The van der Waals surface area contributed by atoms with Crippen LogP contribution in [0.1, 0.15) is 27.3 Å². The lowest BCUT2D eigenvalue weighted by molar-refractivity contribution is 0.0600. The number of nitrogens with zero attached hydrogens (tertiary/aromatic N) is 2. The Morgan fingerprint density at radius 1 is 1.24 bits per heavy atom. The van der Waals surface area contributed by atoms with E-state index in [1.54, 1.807) is 18.3 Å². The van der Waals surface area contributed by atoms with Gasteiger partial charge in [-0.15, -0.1) is 0 Å². The summed E-state index contributed by atoms with van der Waals surface area (Å²) in [7, 11) is 1.38. The third-order valence-corrected chi connectivity index (χ3v) is 3.51. The monoisotopic (exact) mass is 280 g/mol. The highest BCUT2D eigenvalue weighted by atomic mass is 16.5. The molecule has 0 aliphatic heterocycles. The van der Waals surface area contributed by atoms with Crippen molar-refractivity contribution in [3.63, 3.8) is 0 Å². The number of imidazole rings is 1. The van der Waals surface area contributed by atoms with E-state index in [9.17, 15) is 4.79 Å². The van der Waals surface area contributed by atoms with E-state index in [1.165, 1.54) is 18.2 Å². The minimum absolute atomic E-state index is 0.334. The highest BCUT2D eigenvalue weighted by Gasteiger charge is 2.09. The summed E-state index contributed by atoms with van der Waals surface area (Å²) >= 11 is 0. The maximum Gasteiger partial charge on any atom is 0.337 e. The number of pyridine rings is 1. The molecule has 0 spiro atoms. The van der Waals surface area contributed by atoms with Gasteiger partial charge in [0.25, 0.3) is 0 Å². The molecule has 0 aliphatic rings. The van der Waals surface area contributed by atoms with Crippen LogP contribution in [0.15, 0.2) is 48.8 Å². The van der Waals surface area contributed by atoms with Crippen LogP contribution in [-0.4, -0.2) is 22.5 Å². The van der Waals surface area contributed by atoms with Gasteiger partial charge < -0.3 is 9.14 Å². The van der Waals surface area contributed by atoms with Crippen LogP contribution in [-0.2, 0) is 11.2 Å². The molecule has 0 unspecified atom stereocenters. The molecule has 2 heterocycles. The van der Waals surface area contributed by atoms with E-state index in [4.69, 9.17) is 4.74 Å². The molecule has 0 fully saturated rings. The third-order valence-electron chi connectivity index (χ3n) is 3.51. The fourth-order valence-electron chi connectivity index (χ4n) is 2.32. The summed E-state index contributed by atoms with van der Waals surface area (Å²) in [5.74, 6) is 0.615. The molecule has 2 aromatic heterocycles. The highest BCUT2D eigenvalue weighted by molar-refractivity contribution is 5.90. The Balaban J connectivity index is 1.93. The predicted molar refractivity (Wildman–Crippen MR) is 80.5 cm³/mol. The van der Waals surface area contributed by atoms with Crippen LogP contribution in [0.2, 0.25) is 0 Å². The highest BCUT2D eigenvalue weighted by Crippen LogP contribution is 2.14. The van der Waals surface area contributed by atoms with Crippen molar-refractivity contribution in [3.8, 4) is 0 Å². The van der Waals surface area contributed by atoms with Crippen molar-refractivity contribution in [1.29, 1.82) is 0 Å². The van der Waals surface area contributed by atoms with Crippen LogP contribution in [0.4, 0.5) is 0 Å². The fraction of sp³-hybridized carbons (Fsp3) is 0.176. The van der Waals surface area contributed by atoms with Crippen molar-refractivity contribution >= 4 is 11.5 Å². The Labute approximate surface area is 123 Å². The first-order chi connectivity index (χ1) is 10.2. The first-order valence-electron chi connectivity index (χ1n) is 6.77. The van der Waals surface area contributed by atoms with Gasteiger partial charge in [0, 0.05) is 12.6 Å². The first-order valence-corrected chi connectivity index (χ1v) is 6.77. The number of ether oxygens (including phenoxy) is 1. The summed E-state index contributed by atoms with van der Waals surface area (Å²) in [6.45, 7) is 2.07. The Hall–Kier alpha value is -2.62. The molecule has 21 heavy (non-hydrogen) atoms. The zero-order valence-corrected chi connectivity index (χ0v) is 12.0. The predicted octanol–water partition coefficient (Wildman–Crippen LogP) is 3.02. The first kappa shape index (κ1) is 13.4. The minimum Gasteiger partial charge on any atom is -0.465 e. The largest absolute Gasteiger partial charge is 0.465 e. The molecule has 0 bridgehead atoms. The van der Waals surface area contributed by atoms with Gasteiger partial charge in [-0.25, -0.2) is 9.78 Å². The molecular formula is C17H16N2O2. The molecular weight excluding hydrogens is 264 g/mol. The number of aryl methyl sites for hydroxylation is 1. The molecule has 0 amide bonds. The summed E-state index contributed by atoms with van der Waals surface area (Å²) < 4.78 is 6.72.